The Bertz CT molecular complexity index is 519. The minimum Gasteiger partial charge on any atom is -0.495 e. The predicted octanol–water partition coefficient (Wildman–Crippen LogP) is 1.93. The lowest BCUT2D eigenvalue weighted by molar-refractivity contribution is 0.0102. The highest BCUT2D eigenvalue weighted by molar-refractivity contribution is 5.85. The van der Waals surface area contributed by atoms with Gasteiger partial charge in [0.15, 0.2) is 0 Å². The number of hydrogen-bond donors (Lipinski definition) is 1. The maximum Gasteiger partial charge on any atom is 0.136 e. The molecular weight excluding hydrogens is 302 g/mol. The summed E-state index contributed by atoms with van der Waals surface area (Å²) in [5.41, 5.74) is 7.60. The standard InChI is InChI=1S/C16H23N3O2.ClH/c1-20-15-5-6-19(14(8-15)10-18)11-12-3-4-13(9-17)16(7-12)21-2;/h3-4,7,14-15H,5-6,8,10-11,18H2,1-2H3;1H. The summed E-state index contributed by atoms with van der Waals surface area (Å²) in [6.45, 7) is 2.43. The molecule has 0 amide bonds. The molecule has 1 aromatic carbocycles. The Morgan fingerprint density at radius 2 is 2.18 bits per heavy atom. The largest absolute Gasteiger partial charge is 0.495 e. The second-order valence-electron chi connectivity index (χ2n) is 5.39. The van der Waals surface area contributed by atoms with Crippen LogP contribution in [-0.4, -0.2) is 44.4 Å². The van der Waals surface area contributed by atoms with Crippen LogP contribution in [0.3, 0.4) is 0 Å². The molecular formula is C16H24ClN3O2. The van der Waals surface area contributed by atoms with Crippen LogP contribution in [0.1, 0.15) is 24.0 Å². The number of rotatable bonds is 5. The van der Waals surface area contributed by atoms with Gasteiger partial charge in [-0.3, -0.25) is 4.90 Å². The van der Waals surface area contributed by atoms with Crippen LogP contribution in [0.25, 0.3) is 0 Å². The number of benzene rings is 1. The normalized spacial score (nSPS) is 21.7. The maximum atomic E-state index is 9.03. The number of nitrogens with zero attached hydrogens (tertiary/aromatic N) is 2. The summed E-state index contributed by atoms with van der Waals surface area (Å²) in [5.74, 6) is 0.631. The van der Waals surface area contributed by atoms with Gasteiger partial charge in [-0.25, -0.2) is 0 Å². The first kappa shape index (κ1) is 18.7. The maximum absolute atomic E-state index is 9.03. The van der Waals surface area contributed by atoms with E-state index in [-0.39, 0.29) is 12.4 Å². The molecule has 2 unspecified atom stereocenters. The van der Waals surface area contributed by atoms with Crippen LogP contribution in [-0.2, 0) is 11.3 Å². The van der Waals surface area contributed by atoms with Crippen molar-refractivity contribution in [2.24, 2.45) is 5.73 Å². The summed E-state index contributed by atoms with van der Waals surface area (Å²) in [5, 5.41) is 9.03. The first-order chi connectivity index (χ1) is 10.2. The van der Waals surface area contributed by atoms with Crippen molar-refractivity contribution in [2.45, 2.75) is 31.5 Å². The molecule has 0 radical (unpaired) electrons. The number of piperidine rings is 1. The molecule has 6 heteroatoms. The Labute approximate surface area is 138 Å². The van der Waals surface area contributed by atoms with Gasteiger partial charge in [0.2, 0.25) is 0 Å². The monoisotopic (exact) mass is 325 g/mol. The number of halogens is 1. The van der Waals surface area contributed by atoms with Crippen molar-refractivity contribution in [3.05, 3.63) is 29.3 Å². The molecule has 0 saturated carbocycles. The van der Waals surface area contributed by atoms with E-state index < -0.39 is 0 Å². The van der Waals surface area contributed by atoms with Gasteiger partial charge in [-0.05, 0) is 30.5 Å². The zero-order chi connectivity index (χ0) is 15.2. The molecule has 0 aliphatic carbocycles. The fourth-order valence-corrected chi connectivity index (χ4v) is 2.89. The van der Waals surface area contributed by atoms with E-state index in [2.05, 4.69) is 11.0 Å². The van der Waals surface area contributed by atoms with Crippen molar-refractivity contribution in [2.75, 3.05) is 27.3 Å². The summed E-state index contributed by atoms with van der Waals surface area (Å²) in [4.78, 5) is 2.39. The third-order valence-corrected chi connectivity index (χ3v) is 4.17. The fraction of sp³-hybridized carbons (Fsp3) is 0.562. The summed E-state index contributed by atoms with van der Waals surface area (Å²) < 4.78 is 10.7. The van der Waals surface area contributed by atoms with Crippen LogP contribution in [0.5, 0.6) is 5.75 Å². The van der Waals surface area contributed by atoms with Crippen molar-refractivity contribution in [3.8, 4) is 11.8 Å². The molecule has 1 saturated heterocycles. The van der Waals surface area contributed by atoms with E-state index in [1.54, 1.807) is 14.2 Å². The van der Waals surface area contributed by atoms with E-state index in [0.717, 1.165) is 31.5 Å². The highest BCUT2D eigenvalue weighted by Crippen LogP contribution is 2.24. The van der Waals surface area contributed by atoms with Gasteiger partial charge < -0.3 is 15.2 Å². The molecule has 2 rings (SSSR count). The van der Waals surface area contributed by atoms with E-state index in [1.165, 1.54) is 0 Å². The van der Waals surface area contributed by atoms with Crippen LogP contribution < -0.4 is 10.5 Å². The second-order valence-corrected chi connectivity index (χ2v) is 5.39. The first-order valence-corrected chi connectivity index (χ1v) is 7.25. The molecule has 1 fully saturated rings. The quantitative estimate of drug-likeness (QED) is 0.895. The molecule has 1 heterocycles. The smallest absolute Gasteiger partial charge is 0.136 e. The molecule has 1 aliphatic rings. The van der Waals surface area contributed by atoms with Gasteiger partial charge in [-0.2, -0.15) is 5.26 Å². The van der Waals surface area contributed by atoms with E-state index >= 15 is 0 Å². The molecule has 5 nitrogen and oxygen atoms in total. The highest BCUT2D eigenvalue weighted by Gasteiger charge is 2.27. The average molecular weight is 326 g/mol. The molecule has 1 aliphatic heterocycles. The number of likely N-dealkylation sites (tertiary alicyclic amines) is 1. The van der Waals surface area contributed by atoms with Gasteiger partial charge in [0, 0.05) is 32.8 Å². The summed E-state index contributed by atoms with van der Waals surface area (Å²) in [6.07, 6.45) is 2.31. The Kier molecular flexibility index (Phi) is 7.63. The van der Waals surface area contributed by atoms with Crippen LogP contribution >= 0.6 is 12.4 Å². The molecule has 0 bridgehead atoms. The van der Waals surface area contributed by atoms with Crippen LogP contribution in [0.4, 0.5) is 0 Å². The summed E-state index contributed by atoms with van der Waals surface area (Å²) in [7, 11) is 3.35. The van der Waals surface area contributed by atoms with Gasteiger partial charge in [0.05, 0.1) is 18.8 Å². The van der Waals surface area contributed by atoms with Crippen molar-refractivity contribution in [1.82, 2.24) is 4.90 Å². The number of nitriles is 1. The lowest BCUT2D eigenvalue weighted by Crippen LogP contribution is -2.47. The first-order valence-electron chi connectivity index (χ1n) is 7.25. The predicted molar refractivity (Wildman–Crippen MR) is 88.2 cm³/mol. The number of ether oxygens (including phenoxy) is 2. The zero-order valence-corrected chi connectivity index (χ0v) is 13.9. The fourth-order valence-electron chi connectivity index (χ4n) is 2.89. The summed E-state index contributed by atoms with van der Waals surface area (Å²) >= 11 is 0. The number of methoxy groups -OCH3 is 2. The molecule has 1 aromatic rings. The number of hydrogen-bond acceptors (Lipinski definition) is 5. The minimum absolute atomic E-state index is 0. The van der Waals surface area contributed by atoms with Crippen molar-refractivity contribution < 1.29 is 9.47 Å². The third-order valence-electron chi connectivity index (χ3n) is 4.17. The highest BCUT2D eigenvalue weighted by atomic mass is 35.5. The van der Waals surface area contributed by atoms with Crippen LogP contribution in [0.15, 0.2) is 18.2 Å². The average Bonchev–Trinajstić information content (AvgIpc) is 2.55. The Balaban J connectivity index is 0.00000242. The Morgan fingerprint density at radius 1 is 1.41 bits per heavy atom. The zero-order valence-electron chi connectivity index (χ0n) is 13.1. The van der Waals surface area contributed by atoms with Crippen molar-refractivity contribution >= 4 is 12.4 Å². The lowest BCUT2D eigenvalue weighted by atomic mass is 9.98. The molecule has 22 heavy (non-hydrogen) atoms. The number of nitrogens with two attached hydrogens (primary N) is 1. The van der Waals surface area contributed by atoms with Gasteiger partial charge in [0.25, 0.3) is 0 Å². The van der Waals surface area contributed by atoms with E-state index in [1.807, 2.05) is 18.2 Å². The minimum atomic E-state index is 0. The molecule has 2 atom stereocenters. The Hall–Kier alpha value is -1.32. The van der Waals surface area contributed by atoms with Gasteiger partial charge in [-0.15, -0.1) is 12.4 Å². The third kappa shape index (κ3) is 4.34. The van der Waals surface area contributed by atoms with Crippen molar-refractivity contribution in [1.29, 1.82) is 5.26 Å². The van der Waals surface area contributed by atoms with E-state index in [4.69, 9.17) is 20.5 Å². The lowest BCUT2D eigenvalue weighted by Gasteiger charge is -2.38. The topological polar surface area (TPSA) is 71.5 Å². The second kappa shape index (κ2) is 8.96. The van der Waals surface area contributed by atoms with Gasteiger partial charge in [0.1, 0.15) is 11.8 Å². The summed E-state index contributed by atoms with van der Waals surface area (Å²) in [6, 6.07) is 8.21. The van der Waals surface area contributed by atoms with Gasteiger partial charge >= 0.3 is 0 Å². The molecule has 122 valence electrons. The molecule has 2 N–H and O–H groups in total. The SMILES string of the molecule is COc1cc(CN2CCC(OC)CC2CN)ccc1C#N.Cl. The molecule has 0 aromatic heterocycles. The van der Waals surface area contributed by atoms with Crippen molar-refractivity contribution in [3.63, 3.8) is 0 Å². The Morgan fingerprint density at radius 3 is 2.77 bits per heavy atom. The molecule has 0 spiro atoms. The van der Waals surface area contributed by atoms with Gasteiger partial charge in [-0.1, -0.05) is 6.07 Å². The van der Waals surface area contributed by atoms with Crippen LogP contribution in [0, 0.1) is 11.3 Å². The van der Waals surface area contributed by atoms with Crippen LogP contribution in [0.2, 0.25) is 0 Å². The van der Waals surface area contributed by atoms with E-state index in [0.29, 0.717) is 30.0 Å². The van der Waals surface area contributed by atoms with E-state index in [9.17, 15) is 0 Å².